The highest BCUT2D eigenvalue weighted by molar-refractivity contribution is 4.77. The number of piperidine rings is 1. The second kappa shape index (κ2) is 4.73. The fraction of sp³-hybridized carbons (Fsp3) is 1.00. The van der Waals surface area contributed by atoms with Gasteiger partial charge in [-0.3, -0.25) is 0 Å². The summed E-state index contributed by atoms with van der Waals surface area (Å²) in [7, 11) is 0. The first kappa shape index (κ1) is 9.01. The number of hydrogen-bond donors (Lipinski definition) is 2. The van der Waals surface area contributed by atoms with Crippen LogP contribution in [-0.4, -0.2) is 19.1 Å². The summed E-state index contributed by atoms with van der Waals surface area (Å²) in [5, 5.41) is 3.54. The lowest BCUT2D eigenvalue weighted by molar-refractivity contribution is 0.296. The Bertz CT molecular complexity index is 95.7. The van der Waals surface area contributed by atoms with Gasteiger partial charge in [-0.15, -0.1) is 0 Å². The molecule has 1 aliphatic heterocycles. The molecule has 0 bridgehead atoms. The van der Waals surface area contributed by atoms with Crippen LogP contribution >= 0.6 is 0 Å². The van der Waals surface area contributed by atoms with E-state index in [4.69, 9.17) is 5.73 Å². The minimum Gasteiger partial charge on any atom is -0.330 e. The Morgan fingerprint density at radius 3 is 2.73 bits per heavy atom. The molecule has 1 heterocycles. The Morgan fingerprint density at radius 1 is 1.45 bits per heavy atom. The third kappa shape index (κ3) is 2.80. The van der Waals surface area contributed by atoms with Crippen LogP contribution in [-0.2, 0) is 0 Å². The van der Waals surface area contributed by atoms with E-state index in [1.54, 1.807) is 0 Å². The van der Waals surface area contributed by atoms with Crippen LogP contribution in [0.1, 0.15) is 32.6 Å². The van der Waals surface area contributed by atoms with Crippen molar-refractivity contribution in [1.29, 1.82) is 0 Å². The molecule has 0 unspecified atom stereocenters. The zero-order valence-electron chi connectivity index (χ0n) is 7.47. The van der Waals surface area contributed by atoms with E-state index in [1.807, 2.05) is 0 Å². The van der Waals surface area contributed by atoms with Crippen LogP contribution in [0.3, 0.4) is 0 Å². The zero-order chi connectivity index (χ0) is 8.10. The summed E-state index contributed by atoms with van der Waals surface area (Å²) in [6.07, 6.45) is 5.20. The molecule has 3 N–H and O–H groups in total. The molecule has 66 valence electrons. The molecule has 2 nitrogen and oxygen atoms in total. The Labute approximate surface area is 69.5 Å². The maximum atomic E-state index is 5.49. The number of nitrogens with one attached hydrogen (secondary N) is 1. The van der Waals surface area contributed by atoms with Crippen molar-refractivity contribution in [3.05, 3.63) is 0 Å². The van der Waals surface area contributed by atoms with Crippen LogP contribution < -0.4 is 11.1 Å². The molecule has 1 rings (SSSR count). The molecule has 0 amide bonds. The Morgan fingerprint density at radius 2 is 2.27 bits per heavy atom. The van der Waals surface area contributed by atoms with E-state index in [1.165, 1.54) is 25.8 Å². The Balaban J connectivity index is 2.14. The summed E-state index contributed by atoms with van der Waals surface area (Å²) in [6.45, 7) is 4.31. The Hall–Kier alpha value is -0.0800. The van der Waals surface area contributed by atoms with Gasteiger partial charge in [-0.25, -0.2) is 0 Å². The summed E-state index contributed by atoms with van der Waals surface area (Å²) in [5.74, 6) is 0.920. The molecular formula is C9H20N2. The highest BCUT2D eigenvalue weighted by Crippen LogP contribution is 2.17. The smallest absolute Gasteiger partial charge is 0.00792 e. The highest BCUT2D eigenvalue weighted by atomic mass is 14.9. The normalized spacial score (nSPS) is 32.2. The van der Waals surface area contributed by atoms with Crippen molar-refractivity contribution in [2.24, 2.45) is 11.7 Å². The monoisotopic (exact) mass is 156 g/mol. The van der Waals surface area contributed by atoms with Gasteiger partial charge >= 0.3 is 0 Å². The van der Waals surface area contributed by atoms with Gasteiger partial charge in [0.1, 0.15) is 0 Å². The predicted molar refractivity (Wildman–Crippen MR) is 48.5 cm³/mol. The SMILES string of the molecule is CC[C@@H]1CC[C@@H](CCN)NC1. The molecule has 0 aromatic carbocycles. The maximum absolute atomic E-state index is 5.49. The van der Waals surface area contributed by atoms with Gasteiger partial charge in [-0.2, -0.15) is 0 Å². The van der Waals surface area contributed by atoms with Gasteiger partial charge < -0.3 is 11.1 Å². The molecule has 1 saturated heterocycles. The minimum absolute atomic E-state index is 0.711. The van der Waals surface area contributed by atoms with E-state index in [9.17, 15) is 0 Å². The lowest BCUT2D eigenvalue weighted by Gasteiger charge is -2.28. The summed E-state index contributed by atoms with van der Waals surface area (Å²) in [5.41, 5.74) is 5.49. The van der Waals surface area contributed by atoms with Crippen molar-refractivity contribution < 1.29 is 0 Å². The molecule has 2 atom stereocenters. The van der Waals surface area contributed by atoms with Gasteiger partial charge in [-0.1, -0.05) is 13.3 Å². The standard InChI is InChI=1S/C9H20N2/c1-2-8-3-4-9(5-6-10)11-7-8/h8-9,11H,2-7,10H2,1H3/t8-,9+/m1/s1. The molecular weight excluding hydrogens is 136 g/mol. The van der Waals surface area contributed by atoms with Gasteiger partial charge in [0, 0.05) is 6.04 Å². The van der Waals surface area contributed by atoms with Gasteiger partial charge in [0.05, 0.1) is 0 Å². The average Bonchev–Trinajstić information content (AvgIpc) is 2.07. The van der Waals surface area contributed by atoms with Crippen molar-refractivity contribution in [2.45, 2.75) is 38.6 Å². The highest BCUT2D eigenvalue weighted by Gasteiger charge is 2.17. The minimum atomic E-state index is 0.711. The first-order valence-electron chi connectivity index (χ1n) is 4.80. The van der Waals surface area contributed by atoms with Gasteiger partial charge in [0.15, 0.2) is 0 Å². The van der Waals surface area contributed by atoms with E-state index in [2.05, 4.69) is 12.2 Å². The van der Waals surface area contributed by atoms with E-state index >= 15 is 0 Å². The first-order valence-corrected chi connectivity index (χ1v) is 4.80. The fourth-order valence-electron chi connectivity index (χ4n) is 1.77. The van der Waals surface area contributed by atoms with Crippen LogP contribution in [0, 0.1) is 5.92 Å². The van der Waals surface area contributed by atoms with Crippen molar-refractivity contribution in [3.63, 3.8) is 0 Å². The third-order valence-electron chi connectivity index (χ3n) is 2.71. The topological polar surface area (TPSA) is 38.0 Å². The fourth-order valence-corrected chi connectivity index (χ4v) is 1.77. The van der Waals surface area contributed by atoms with E-state index in [0.717, 1.165) is 18.9 Å². The molecule has 0 aromatic heterocycles. The first-order chi connectivity index (χ1) is 5.36. The summed E-state index contributed by atoms with van der Waals surface area (Å²) >= 11 is 0. The molecule has 0 radical (unpaired) electrons. The van der Waals surface area contributed by atoms with Crippen LogP contribution in [0.2, 0.25) is 0 Å². The summed E-state index contributed by atoms with van der Waals surface area (Å²) in [4.78, 5) is 0. The molecule has 0 aliphatic carbocycles. The maximum Gasteiger partial charge on any atom is 0.00792 e. The van der Waals surface area contributed by atoms with Crippen LogP contribution in [0.25, 0.3) is 0 Å². The van der Waals surface area contributed by atoms with E-state index in [-0.39, 0.29) is 0 Å². The molecule has 0 saturated carbocycles. The average molecular weight is 156 g/mol. The number of nitrogens with two attached hydrogens (primary N) is 1. The lowest BCUT2D eigenvalue weighted by atomic mass is 9.91. The number of hydrogen-bond acceptors (Lipinski definition) is 2. The van der Waals surface area contributed by atoms with Crippen molar-refractivity contribution >= 4 is 0 Å². The van der Waals surface area contributed by atoms with Crippen molar-refractivity contribution in [3.8, 4) is 0 Å². The molecule has 11 heavy (non-hydrogen) atoms. The van der Waals surface area contributed by atoms with Crippen molar-refractivity contribution in [1.82, 2.24) is 5.32 Å². The molecule has 1 fully saturated rings. The van der Waals surface area contributed by atoms with Gasteiger partial charge in [-0.05, 0) is 38.3 Å². The third-order valence-corrected chi connectivity index (χ3v) is 2.71. The Kier molecular flexibility index (Phi) is 3.87. The molecule has 0 spiro atoms. The molecule has 0 aromatic rings. The predicted octanol–water partition coefficient (Wildman–Crippen LogP) is 1.11. The van der Waals surface area contributed by atoms with Crippen LogP contribution in [0.5, 0.6) is 0 Å². The second-order valence-corrected chi connectivity index (χ2v) is 3.53. The zero-order valence-corrected chi connectivity index (χ0v) is 7.47. The van der Waals surface area contributed by atoms with Crippen LogP contribution in [0.4, 0.5) is 0 Å². The largest absolute Gasteiger partial charge is 0.330 e. The van der Waals surface area contributed by atoms with Gasteiger partial charge in [0.25, 0.3) is 0 Å². The lowest BCUT2D eigenvalue weighted by Crippen LogP contribution is -2.39. The van der Waals surface area contributed by atoms with Gasteiger partial charge in [0.2, 0.25) is 0 Å². The van der Waals surface area contributed by atoms with E-state index in [0.29, 0.717) is 6.04 Å². The van der Waals surface area contributed by atoms with Crippen molar-refractivity contribution in [2.75, 3.05) is 13.1 Å². The quantitative estimate of drug-likeness (QED) is 0.642. The molecule has 1 aliphatic rings. The van der Waals surface area contributed by atoms with Crippen LogP contribution in [0.15, 0.2) is 0 Å². The second-order valence-electron chi connectivity index (χ2n) is 3.53. The summed E-state index contributed by atoms with van der Waals surface area (Å²) in [6, 6.07) is 0.711. The number of rotatable bonds is 3. The van der Waals surface area contributed by atoms with E-state index < -0.39 is 0 Å². The summed E-state index contributed by atoms with van der Waals surface area (Å²) < 4.78 is 0. The molecule has 2 heteroatoms.